The maximum Gasteiger partial charge on any atom is 2.00 e. The zero-order chi connectivity index (χ0) is 25.4. The standard InChI is InChI=1S/C21H22N2O2S.C9H12.Ru.2H/c1-16-12-14-19(15-13-16)26(24,25)23-21(18-10-6-3-7-11-18)20(22)17-8-4-2-5-9-17;1-7-4-8(2)6-9(3)5-7;;;/h2-15,20-21,23H,22H2,1H3;4-6H,1-3H3;;;/q;;+2;2*-1/t20-,21-;;;;/m0..../s1. The minimum atomic E-state index is -3.71. The molecule has 2 atom stereocenters. The molecule has 0 amide bonds. The molecule has 4 aromatic rings. The van der Waals surface area contributed by atoms with E-state index in [2.05, 4.69) is 43.7 Å². The van der Waals surface area contributed by atoms with Crippen molar-refractivity contribution in [2.75, 3.05) is 0 Å². The van der Waals surface area contributed by atoms with Crippen molar-refractivity contribution < 1.29 is 30.7 Å². The fraction of sp³-hybridized carbons (Fsp3) is 0.200. The summed E-state index contributed by atoms with van der Waals surface area (Å²) in [5.41, 5.74) is 13.2. The van der Waals surface area contributed by atoms with Gasteiger partial charge < -0.3 is 8.59 Å². The number of hydrogen-bond acceptors (Lipinski definition) is 3. The van der Waals surface area contributed by atoms with Crippen LogP contribution in [0, 0.1) is 27.7 Å². The first-order chi connectivity index (χ1) is 16.7. The van der Waals surface area contributed by atoms with Crippen LogP contribution in [0.15, 0.2) is 108 Å². The van der Waals surface area contributed by atoms with Gasteiger partial charge in [-0.1, -0.05) is 113 Å². The second-order valence-electron chi connectivity index (χ2n) is 8.92. The zero-order valence-electron chi connectivity index (χ0n) is 23.1. The van der Waals surface area contributed by atoms with E-state index in [4.69, 9.17) is 5.73 Å². The van der Waals surface area contributed by atoms with Gasteiger partial charge in [-0.05, 0) is 51.0 Å². The van der Waals surface area contributed by atoms with Gasteiger partial charge >= 0.3 is 19.5 Å². The molecule has 0 saturated carbocycles. The molecule has 192 valence electrons. The van der Waals surface area contributed by atoms with E-state index in [9.17, 15) is 8.42 Å². The minimum absolute atomic E-state index is 0. The number of rotatable bonds is 6. The Morgan fingerprint density at radius 2 is 1.06 bits per heavy atom. The predicted octanol–water partition coefficient (Wildman–Crippen LogP) is 6.55. The van der Waals surface area contributed by atoms with Crippen LogP contribution in [0.5, 0.6) is 0 Å². The normalized spacial score (nSPS) is 12.5. The first-order valence-electron chi connectivity index (χ1n) is 11.6. The van der Waals surface area contributed by atoms with Crippen molar-refractivity contribution >= 4 is 10.0 Å². The van der Waals surface area contributed by atoms with Gasteiger partial charge in [0.15, 0.2) is 0 Å². The Labute approximate surface area is 231 Å². The largest absolute Gasteiger partial charge is 2.00 e. The molecule has 0 heterocycles. The molecule has 3 N–H and O–H groups in total. The van der Waals surface area contributed by atoms with Gasteiger partial charge in [-0.3, -0.25) is 0 Å². The fourth-order valence-electron chi connectivity index (χ4n) is 4.03. The monoisotopic (exact) mass is 590 g/mol. The topological polar surface area (TPSA) is 72.2 Å². The second-order valence-corrected chi connectivity index (χ2v) is 10.6. The van der Waals surface area contributed by atoms with E-state index in [-0.39, 0.29) is 27.2 Å². The van der Waals surface area contributed by atoms with Gasteiger partial charge in [0.05, 0.1) is 17.0 Å². The predicted molar refractivity (Wildman–Crippen MR) is 147 cm³/mol. The Bertz CT molecular complexity index is 1290. The Morgan fingerprint density at radius 1 is 0.639 bits per heavy atom. The van der Waals surface area contributed by atoms with Crippen molar-refractivity contribution in [1.29, 1.82) is 0 Å². The number of sulfonamides is 1. The van der Waals surface area contributed by atoms with Crippen molar-refractivity contribution in [1.82, 2.24) is 4.72 Å². The van der Waals surface area contributed by atoms with Crippen LogP contribution < -0.4 is 10.5 Å². The molecule has 0 saturated heterocycles. The molecule has 4 rings (SSSR count). The summed E-state index contributed by atoms with van der Waals surface area (Å²) in [6.45, 7) is 8.29. The van der Waals surface area contributed by atoms with E-state index in [1.165, 1.54) is 16.7 Å². The number of hydrogen-bond donors (Lipinski definition) is 2. The van der Waals surface area contributed by atoms with Gasteiger partial charge in [0.2, 0.25) is 10.0 Å². The van der Waals surface area contributed by atoms with E-state index in [1.54, 1.807) is 24.3 Å². The van der Waals surface area contributed by atoms with Crippen molar-refractivity contribution in [3.05, 3.63) is 137 Å². The average Bonchev–Trinajstić information content (AvgIpc) is 2.83. The maximum absolute atomic E-state index is 12.9. The van der Waals surface area contributed by atoms with E-state index in [0.717, 1.165) is 16.7 Å². The molecule has 4 aromatic carbocycles. The van der Waals surface area contributed by atoms with Gasteiger partial charge in [-0.2, -0.15) is 0 Å². The van der Waals surface area contributed by atoms with Gasteiger partial charge in [0.25, 0.3) is 0 Å². The summed E-state index contributed by atoms with van der Waals surface area (Å²) in [6, 6.07) is 31.1. The molecule has 0 aliphatic carbocycles. The number of aryl methyl sites for hydroxylation is 4. The van der Waals surface area contributed by atoms with Crippen LogP contribution in [0.2, 0.25) is 0 Å². The quantitative estimate of drug-likeness (QED) is 0.251. The summed E-state index contributed by atoms with van der Waals surface area (Å²) in [5.74, 6) is 0. The van der Waals surface area contributed by atoms with E-state index in [1.807, 2.05) is 67.6 Å². The molecule has 36 heavy (non-hydrogen) atoms. The van der Waals surface area contributed by atoms with Gasteiger partial charge in [-0.15, -0.1) is 0 Å². The smallest absolute Gasteiger partial charge is 1.00 e. The number of nitrogens with two attached hydrogens (primary N) is 1. The van der Waals surface area contributed by atoms with Crippen molar-refractivity contribution in [2.24, 2.45) is 5.73 Å². The molecule has 6 heteroatoms. The summed E-state index contributed by atoms with van der Waals surface area (Å²) in [5, 5.41) is 0. The second kappa shape index (κ2) is 13.6. The van der Waals surface area contributed by atoms with E-state index in [0.29, 0.717) is 0 Å². The minimum Gasteiger partial charge on any atom is -1.00 e. The third-order valence-electron chi connectivity index (χ3n) is 5.68. The fourth-order valence-corrected chi connectivity index (χ4v) is 5.28. The molecule has 0 aromatic heterocycles. The summed E-state index contributed by atoms with van der Waals surface area (Å²) < 4.78 is 28.6. The van der Waals surface area contributed by atoms with Crippen LogP contribution in [0.3, 0.4) is 0 Å². The SMILES string of the molecule is Cc1cc(C)cc(C)c1.Cc1ccc(S(=O)(=O)N[C@@H](c2ccccc2)[C@@H](N)c2ccccc2)cc1.[H-].[H-].[Ru+2]. The average molecular weight is 590 g/mol. The van der Waals surface area contributed by atoms with Crippen LogP contribution in [-0.4, -0.2) is 8.42 Å². The van der Waals surface area contributed by atoms with E-state index >= 15 is 0 Å². The van der Waals surface area contributed by atoms with Crippen molar-refractivity contribution in [3.63, 3.8) is 0 Å². The Hall–Kier alpha value is -2.63. The van der Waals surface area contributed by atoms with Crippen molar-refractivity contribution in [2.45, 2.75) is 44.7 Å². The molecule has 0 fully saturated rings. The third kappa shape index (κ3) is 8.49. The van der Waals surface area contributed by atoms with Gasteiger partial charge in [0.1, 0.15) is 0 Å². The molecule has 0 spiro atoms. The Balaban J connectivity index is 0.000000978. The first-order valence-corrected chi connectivity index (χ1v) is 13.1. The van der Waals surface area contributed by atoms with Crippen LogP contribution in [0.1, 0.15) is 48.3 Å². The van der Waals surface area contributed by atoms with Crippen LogP contribution in [0.25, 0.3) is 0 Å². The van der Waals surface area contributed by atoms with Crippen LogP contribution in [-0.2, 0) is 29.5 Å². The molecule has 0 aliphatic heterocycles. The molecule has 0 bridgehead atoms. The summed E-state index contributed by atoms with van der Waals surface area (Å²) in [6.07, 6.45) is 0. The van der Waals surface area contributed by atoms with Crippen molar-refractivity contribution in [3.8, 4) is 0 Å². The number of benzene rings is 4. The molecule has 4 nitrogen and oxygen atoms in total. The van der Waals surface area contributed by atoms with Gasteiger partial charge in [-0.25, -0.2) is 13.1 Å². The first kappa shape index (κ1) is 29.6. The summed E-state index contributed by atoms with van der Waals surface area (Å²) >= 11 is 0. The van der Waals surface area contributed by atoms with Gasteiger partial charge in [0, 0.05) is 0 Å². The Morgan fingerprint density at radius 3 is 1.50 bits per heavy atom. The Kier molecular flexibility index (Phi) is 11.2. The molecule has 0 radical (unpaired) electrons. The molecule has 0 aliphatic rings. The molecular weight excluding hydrogens is 553 g/mol. The zero-order valence-corrected chi connectivity index (χ0v) is 23.7. The maximum atomic E-state index is 12.9. The van der Waals surface area contributed by atoms with Crippen LogP contribution >= 0.6 is 0 Å². The molecular formula is C30H36N2O2RuS. The summed E-state index contributed by atoms with van der Waals surface area (Å²) in [4.78, 5) is 0.226. The molecule has 0 unspecified atom stereocenters. The summed E-state index contributed by atoms with van der Waals surface area (Å²) in [7, 11) is -3.71. The van der Waals surface area contributed by atoms with E-state index < -0.39 is 22.1 Å². The van der Waals surface area contributed by atoms with Crippen LogP contribution in [0.4, 0.5) is 0 Å². The number of nitrogens with one attached hydrogen (secondary N) is 1. The third-order valence-corrected chi connectivity index (χ3v) is 7.14.